The average molecular weight is 1090 g/mol. The molecule has 0 fully saturated rings. The quantitative estimate of drug-likeness (QED) is 0.0456. The van der Waals surface area contributed by atoms with E-state index < -0.39 is 6.10 Å². The van der Waals surface area contributed by atoms with E-state index in [9.17, 15) is 14.4 Å². The number of hydrogen-bond acceptors (Lipinski definition) is 12. The predicted molar refractivity (Wildman–Crippen MR) is 311 cm³/mol. The molecule has 0 radical (unpaired) electrons. The van der Waals surface area contributed by atoms with E-state index in [1.54, 1.807) is 0 Å². The van der Waals surface area contributed by atoms with Crippen LogP contribution in [-0.4, -0.2) is 139 Å². The van der Waals surface area contributed by atoms with Crippen molar-refractivity contribution >= 4 is 17.8 Å². The Hall–Kier alpha value is -1.87. The molecular formula is C63H123NO12. The van der Waals surface area contributed by atoms with Gasteiger partial charge in [0.1, 0.15) is 12.2 Å². The second kappa shape index (κ2) is 60.8. The Morgan fingerprint density at radius 2 is 0.711 bits per heavy atom. The lowest BCUT2D eigenvalue weighted by atomic mass is 10.0. The molecule has 0 rings (SSSR count). The molecule has 452 valence electrons. The molecule has 0 aromatic carbocycles. The minimum absolute atomic E-state index is 0.000308. The number of nitrogens with zero attached hydrogens (tertiary/aromatic N) is 1. The molecule has 0 bridgehead atoms. The van der Waals surface area contributed by atoms with Crippen molar-refractivity contribution in [3.05, 3.63) is 0 Å². The van der Waals surface area contributed by atoms with Gasteiger partial charge in [-0.25, -0.2) is 0 Å². The summed E-state index contributed by atoms with van der Waals surface area (Å²) in [5.41, 5.74) is 0. The van der Waals surface area contributed by atoms with E-state index in [2.05, 4.69) is 34.6 Å². The van der Waals surface area contributed by atoms with Crippen LogP contribution < -0.4 is 0 Å². The SMILES string of the molecule is CCCCCCCCC(CCCCCC)OC(=O)CCCCCOCC(OCCCCCC(=O)OC(CCCCCC)CCCCCCCC)C(=O)N(CCCCCCCC)CCOCCOCCOCCOCCO. The van der Waals surface area contributed by atoms with Crippen molar-refractivity contribution in [1.82, 2.24) is 4.90 Å². The van der Waals surface area contributed by atoms with Crippen LogP contribution in [0.4, 0.5) is 0 Å². The predicted octanol–water partition coefficient (Wildman–Crippen LogP) is 15.0. The average Bonchev–Trinajstić information content (AvgIpc) is 3.42. The highest BCUT2D eigenvalue weighted by Crippen LogP contribution is 2.20. The Balaban J connectivity index is 5.43. The van der Waals surface area contributed by atoms with Gasteiger partial charge in [0.25, 0.3) is 5.91 Å². The number of ether oxygens (including phenoxy) is 8. The topological polar surface area (TPSA) is 149 Å². The van der Waals surface area contributed by atoms with Crippen molar-refractivity contribution in [3.8, 4) is 0 Å². The summed E-state index contributed by atoms with van der Waals surface area (Å²) in [4.78, 5) is 42.3. The fraction of sp³-hybridized carbons (Fsp3) is 0.952. The van der Waals surface area contributed by atoms with Gasteiger partial charge in [-0.3, -0.25) is 14.4 Å². The number of aliphatic hydroxyl groups excluding tert-OH is 1. The van der Waals surface area contributed by atoms with Gasteiger partial charge in [0, 0.05) is 39.1 Å². The maximum Gasteiger partial charge on any atom is 0.306 e. The summed E-state index contributed by atoms with van der Waals surface area (Å²) in [6, 6.07) is 0. The second-order valence-corrected chi connectivity index (χ2v) is 21.4. The monoisotopic (exact) mass is 1090 g/mol. The van der Waals surface area contributed by atoms with Crippen molar-refractivity contribution in [2.24, 2.45) is 0 Å². The second-order valence-electron chi connectivity index (χ2n) is 21.4. The molecule has 76 heavy (non-hydrogen) atoms. The minimum atomic E-state index is -0.756. The van der Waals surface area contributed by atoms with Gasteiger partial charge in [-0.05, 0) is 83.5 Å². The van der Waals surface area contributed by atoms with Gasteiger partial charge >= 0.3 is 11.9 Å². The van der Waals surface area contributed by atoms with E-state index >= 15 is 0 Å². The van der Waals surface area contributed by atoms with Gasteiger partial charge in [0.2, 0.25) is 0 Å². The summed E-state index contributed by atoms with van der Waals surface area (Å²) >= 11 is 0. The first-order valence-corrected chi connectivity index (χ1v) is 32.1. The van der Waals surface area contributed by atoms with Gasteiger partial charge in [0.05, 0.1) is 66.1 Å². The summed E-state index contributed by atoms with van der Waals surface area (Å²) in [6.45, 7) is 16.6. The van der Waals surface area contributed by atoms with Crippen molar-refractivity contribution < 1.29 is 57.4 Å². The largest absolute Gasteiger partial charge is 0.462 e. The number of carbonyl (C=O) groups is 3. The summed E-state index contributed by atoms with van der Waals surface area (Å²) < 4.78 is 47.0. The number of esters is 2. The zero-order valence-electron chi connectivity index (χ0n) is 50.4. The Bertz CT molecular complexity index is 1210. The highest BCUT2D eigenvalue weighted by molar-refractivity contribution is 5.81. The van der Waals surface area contributed by atoms with Crippen molar-refractivity contribution in [2.75, 3.05) is 92.4 Å². The van der Waals surface area contributed by atoms with E-state index in [4.69, 9.17) is 43.0 Å². The number of rotatable bonds is 63. The van der Waals surface area contributed by atoms with E-state index in [0.29, 0.717) is 92.0 Å². The molecular weight excluding hydrogens is 963 g/mol. The molecule has 1 amide bonds. The highest BCUT2D eigenvalue weighted by Gasteiger charge is 2.26. The molecule has 0 heterocycles. The Kier molecular flexibility index (Phi) is 59.3. The van der Waals surface area contributed by atoms with Gasteiger partial charge in [-0.2, -0.15) is 0 Å². The highest BCUT2D eigenvalue weighted by atomic mass is 16.6. The van der Waals surface area contributed by atoms with Crippen LogP contribution in [-0.2, 0) is 52.3 Å². The maximum absolute atomic E-state index is 14.4. The number of carbonyl (C=O) groups excluding carboxylic acids is 3. The minimum Gasteiger partial charge on any atom is -0.462 e. The fourth-order valence-corrected chi connectivity index (χ4v) is 9.34. The summed E-state index contributed by atoms with van der Waals surface area (Å²) in [6.07, 6.45) is 39.6. The van der Waals surface area contributed by atoms with Crippen LogP contribution in [0.25, 0.3) is 0 Å². The van der Waals surface area contributed by atoms with Crippen LogP contribution in [0, 0.1) is 0 Å². The molecule has 0 aliphatic heterocycles. The third-order valence-electron chi connectivity index (χ3n) is 14.1. The van der Waals surface area contributed by atoms with Gasteiger partial charge in [0.15, 0.2) is 6.10 Å². The lowest BCUT2D eigenvalue weighted by molar-refractivity contribution is -0.151. The fourth-order valence-electron chi connectivity index (χ4n) is 9.34. The molecule has 0 saturated carbocycles. The van der Waals surface area contributed by atoms with Crippen LogP contribution in [0.5, 0.6) is 0 Å². The zero-order valence-corrected chi connectivity index (χ0v) is 50.4. The maximum atomic E-state index is 14.4. The van der Waals surface area contributed by atoms with Gasteiger partial charge < -0.3 is 47.9 Å². The smallest absolute Gasteiger partial charge is 0.306 e. The van der Waals surface area contributed by atoms with E-state index in [1.807, 2.05) is 4.90 Å². The van der Waals surface area contributed by atoms with Crippen molar-refractivity contribution in [3.63, 3.8) is 0 Å². The Morgan fingerprint density at radius 3 is 1.14 bits per heavy atom. The van der Waals surface area contributed by atoms with Gasteiger partial charge in [-0.1, -0.05) is 182 Å². The van der Waals surface area contributed by atoms with Crippen LogP contribution in [0.1, 0.15) is 279 Å². The number of aliphatic hydroxyl groups is 1. The lowest BCUT2D eigenvalue weighted by Gasteiger charge is -2.28. The van der Waals surface area contributed by atoms with Crippen molar-refractivity contribution in [2.45, 2.75) is 297 Å². The first-order chi connectivity index (χ1) is 37.4. The molecule has 0 aliphatic carbocycles. The van der Waals surface area contributed by atoms with E-state index in [1.165, 1.54) is 122 Å². The first kappa shape index (κ1) is 74.1. The van der Waals surface area contributed by atoms with E-state index in [0.717, 1.165) is 109 Å². The molecule has 1 N–H and O–H groups in total. The van der Waals surface area contributed by atoms with E-state index in [-0.39, 0.29) is 43.3 Å². The zero-order chi connectivity index (χ0) is 55.5. The summed E-state index contributed by atoms with van der Waals surface area (Å²) in [7, 11) is 0. The Labute approximate surface area is 467 Å². The van der Waals surface area contributed by atoms with Crippen molar-refractivity contribution in [1.29, 1.82) is 0 Å². The molecule has 13 nitrogen and oxygen atoms in total. The lowest BCUT2D eigenvalue weighted by Crippen LogP contribution is -2.45. The molecule has 0 saturated heterocycles. The number of hydrogen-bond donors (Lipinski definition) is 1. The summed E-state index contributed by atoms with van der Waals surface area (Å²) in [5, 5.41) is 8.82. The number of amides is 1. The molecule has 3 unspecified atom stereocenters. The normalized spacial score (nSPS) is 12.8. The molecule has 13 heteroatoms. The third kappa shape index (κ3) is 51.6. The third-order valence-corrected chi connectivity index (χ3v) is 14.1. The molecule has 0 aromatic heterocycles. The Morgan fingerprint density at radius 1 is 0.355 bits per heavy atom. The number of unbranched alkanes of at least 4 members (excludes halogenated alkanes) is 25. The molecule has 0 aliphatic rings. The standard InChI is InChI=1S/C63H123NO12/c1-6-11-16-21-24-31-40-58(38-29-19-14-9-4)75-61(66)42-33-27-36-47-73-57-60(74-48-37-28-34-43-62(67)76-59(39-30-20-15-10-5)41-32-25-22-17-12-7-2)63(68)64(44-35-26-23-18-13-8-3)45-49-69-51-53-71-55-56-72-54-52-70-50-46-65/h58-60,65H,6-57H2,1-5H3. The summed E-state index contributed by atoms with van der Waals surface area (Å²) in [5.74, 6) is -0.264. The van der Waals surface area contributed by atoms with Crippen LogP contribution in [0.15, 0.2) is 0 Å². The van der Waals surface area contributed by atoms with Gasteiger partial charge in [-0.15, -0.1) is 0 Å². The first-order valence-electron chi connectivity index (χ1n) is 32.1. The molecule has 3 atom stereocenters. The van der Waals surface area contributed by atoms with Crippen LogP contribution >= 0.6 is 0 Å². The van der Waals surface area contributed by atoms with Crippen LogP contribution in [0.3, 0.4) is 0 Å². The van der Waals surface area contributed by atoms with Crippen LogP contribution in [0.2, 0.25) is 0 Å². The molecule has 0 aromatic rings. The molecule has 0 spiro atoms.